The summed E-state index contributed by atoms with van der Waals surface area (Å²) in [6.07, 6.45) is 0.930. The van der Waals surface area contributed by atoms with Crippen LogP contribution in [0.1, 0.15) is 10.4 Å². The van der Waals surface area contributed by atoms with Gasteiger partial charge in [-0.3, -0.25) is 4.79 Å². The number of benzene rings is 2. The summed E-state index contributed by atoms with van der Waals surface area (Å²) in [4.78, 5) is 12.7. The van der Waals surface area contributed by atoms with Crippen molar-refractivity contribution in [2.45, 2.75) is 16.7 Å². The monoisotopic (exact) mass is 297 g/mol. The number of carbonyl (C=O) groups is 1. The number of rotatable bonds is 5. The highest BCUT2D eigenvalue weighted by Crippen LogP contribution is 2.36. The molecule has 0 aliphatic rings. The molecule has 1 aromatic heterocycles. The SMILES string of the molecule is COCn1c(Sc2ccccc2)c(C=O)c2ccccc21. The number of carbonyl (C=O) groups excluding carboxylic acids is 1. The first kappa shape index (κ1) is 13.9. The molecule has 2 aromatic carbocycles. The highest BCUT2D eigenvalue weighted by atomic mass is 32.2. The highest BCUT2D eigenvalue weighted by Gasteiger charge is 2.17. The van der Waals surface area contributed by atoms with Crippen LogP contribution in [-0.4, -0.2) is 18.0 Å². The molecule has 0 spiro atoms. The Balaban J connectivity index is 2.19. The number of fused-ring (bicyclic) bond motifs is 1. The van der Waals surface area contributed by atoms with Gasteiger partial charge in [-0.1, -0.05) is 48.2 Å². The molecule has 0 bridgehead atoms. The molecule has 0 radical (unpaired) electrons. The number of hydrogen-bond donors (Lipinski definition) is 0. The summed E-state index contributed by atoms with van der Waals surface area (Å²) in [7, 11) is 1.66. The topological polar surface area (TPSA) is 31.2 Å². The first-order valence-corrected chi connectivity index (χ1v) is 7.45. The summed E-state index contributed by atoms with van der Waals surface area (Å²) in [5.41, 5.74) is 1.73. The Bertz CT molecular complexity index is 765. The highest BCUT2D eigenvalue weighted by molar-refractivity contribution is 7.99. The zero-order chi connectivity index (χ0) is 14.7. The van der Waals surface area contributed by atoms with Gasteiger partial charge >= 0.3 is 0 Å². The van der Waals surface area contributed by atoms with Crippen LogP contribution in [0.4, 0.5) is 0 Å². The van der Waals surface area contributed by atoms with Crippen molar-refractivity contribution in [3.63, 3.8) is 0 Å². The second kappa shape index (κ2) is 6.16. The van der Waals surface area contributed by atoms with E-state index in [0.29, 0.717) is 6.73 Å². The fourth-order valence-electron chi connectivity index (χ4n) is 2.39. The third-order valence-corrected chi connectivity index (χ3v) is 4.44. The molecule has 3 rings (SSSR count). The summed E-state index contributed by atoms with van der Waals surface area (Å²) in [6, 6.07) is 17.9. The van der Waals surface area contributed by atoms with Gasteiger partial charge in [0, 0.05) is 17.4 Å². The maximum absolute atomic E-state index is 11.6. The van der Waals surface area contributed by atoms with Crippen molar-refractivity contribution < 1.29 is 9.53 Å². The first-order chi connectivity index (χ1) is 10.3. The van der Waals surface area contributed by atoms with E-state index in [9.17, 15) is 4.79 Å². The van der Waals surface area contributed by atoms with Crippen LogP contribution in [-0.2, 0) is 11.5 Å². The van der Waals surface area contributed by atoms with Gasteiger partial charge in [-0.05, 0) is 18.2 Å². The van der Waals surface area contributed by atoms with Crippen molar-refractivity contribution in [1.29, 1.82) is 0 Å². The van der Waals surface area contributed by atoms with Gasteiger partial charge in [0.15, 0.2) is 6.29 Å². The largest absolute Gasteiger partial charge is 0.364 e. The van der Waals surface area contributed by atoms with E-state index in [0.717, 1.165) is 32.7 Å². The van der Waals surface area contributed by atoms with Gasteiger partial charge in [-0.15, -0.1) is 0 Å². The molecule has 0 saturated carbocycles. The molecule has 106 valence electrons. The fraction of sp³-hybridized carbons (Fsp3) is 0.118. The minimum atomic E-state index is 0.420. The molecule has 0 N–H and O–H groups in total. The molecule has 0 unspecified atom stereocenters. The van der Waals surface area contributed by atoms with Gasteiger partial charge in [0.2, 0.25) is 0 Å². The number of methoxy groups -OCH3 is 1. The van der Waals surface area contributed by atoms with Crippen molar-refractivity contribution in [3.05, 3.63) is 60.2 Å². The van der Waals surface area contributed by atoms with Crippen molar-refractivity contribution in [2.75, 3.05) is 7.11 Å². The van der Waals surface area contributed by atoms with E-state index < -0.39 is 0 Å². The molecular formula is C17H15NO2S. The summed E-state index contributed by atoms with van der Waals surface area (Å²) in [5, 5.41) is 1.88. The fourth-order valence-corrected chi connectivity index (χ4v) is 3.43. The van der Waals surface area contributed by atoms with Crippen LogP contribution in [0.15, 0.2) is 64.5 Å². The minimum Gasteiger partial charge on any atom is -0.364 e. The van der Waals surface area contributed by atoms with Gasteiger partial charge in [0.25, 0.3) is 0 Å². The smallest absolute Gasteiger partial charge is 0.153 e. The Kier molecular flexibility index (Phi) is 4.08. The summed E-state index contributed by atoms with van der Waals surface area (Å²) < 4.78 is 7.34. The first-order valence-electron chi connectivity index (χ1n) is 6.63. The normalized spacial score (nSPS) is 10.9. The van der Waals surface area contributed by atoms with Gasteiger partial charge in [0.05, 0.1) is 16.1 Å². The second-order valence-electron chi connectivity index (χ2n) is 4.61. The summed E-state index contributed by atoms with van der Waals surface area (Å²) in [6.45, 7) is 0.420. The maximum atomic E-state index is 11.6. The molecule has 0 amide bonds. The lowest BCUT2D eigenvalue weighted by Crippen LogP contribution is -2.01. The average molecular weight is 297 g/mol. The molecule has 0 fully saturated rings. The van der Waals surface area contributed by atoms with Crippen LogP contribution in [0.25, 0.3) is 10.9 Å². The molecular weight excluding hydrogens is 282 g/mol. The predicted molar refractivity (Wildman–Crippen MR) is 84.9 cm³/mol. The molecule has 0 saturated heterocycles. The lowest BCUT2D eigenvalue weighted by Gasteiger charge is -2.09. The average Bonchev–Trinajstić information content (AvgIpc) is 2.82. The van der Waals surface area contributed by atoms with Gasteiger partial charge in [-0.2, -0.15) is 0 Å². The molecule has 1 heterocycles. The van der Waals surface area contributed by atoms with Crippen LogP contribution in [0.2, 0.25) is 0 Å². The number of aldehydes is 1. The van der Waals surface area contributed by atoms with Crippen molar-refractivity contribution in [2.24, 2.45) is 0 Å². The number of nitrogens with zero attached hydrogens (tertiary/aromatic N) is 1. The Hall–Kier alpha value is -2.04. The van der Waals surface area contributed by atoms with Crippen LogP contribution in [0.5, 0.6) is 0 Å². The quantitative estimate of drug-likeness (QED) is 0.661. The van der Waals surface area contributed by atoms with Crippen molar-refractivity contribution in [1.82, 2.24) is 4.57 Å². The zero-order valence-corrected chi connectivity index (χ0v) is 12.5. The molecule has 3 nitrogen and oxygen atoms in total. The third-order valence-electron chi connectivity index (χ3n) is 3.29. The summed E-state index contributed by atoms with van der Waals surface area (Å²) >= 11 is 1.58. The van der Waals surface area contributed by atoms with Gasteiger partial charge in [-0.25, -0.2) is 0 Å². The van der Waals surface area contributed by atoms with E-state index in [1.807, 2.05) is 59.2 Å². The van der Waals surface area contributed by atoms with E-state index in [1.54, 1.807) is 18.9 Å². The van der Waals surface area contributed by atoms with Crippen LogP contribution in [0.3, 0.4) is 0 Å². The summed E-state index contributed by atoms with van der Waals surface area (Å²) in [5.74, 6) is 0. The number of para-hydroxylation sites is 1. The molecule has 21 heavy (non-hydrogen) atoms. The zero-order valence-electron chi connectivity index (χ0n) is 11.7. The Morgan fingerprint density at radius 1 is 1.10 bits per heavy atom. The molecule has 0 atom stereocenters. The van der Waals surface area contributed by atoms with Crippen LogP contribution < -0.4 is 0 Å². The Morgan fingerprint density at radius 2 is 1.81 bits per heavy atom. The molecule has 0 aliphatic heterocycles. The Morgan fingerprint density at radius 3 is 2.52 bits per heavy atom. The number of aromatic nitrogens is 1. The van der Waals surface area contributed by atoms with Crippen molar-refractivity contribution in [3.8, 4) is 0 Å². The van der Waals surface area contributed by atoms with E-state index in [-0.39, 0.29) is 0 Å². The molecule has 0 aliphatic carbocycles. The third kappa shape index (κ3) is 2.60. The van der Waals surface area contributed by atoms with E-state index in [4.69, 9.17) is 4.74 Å². The van der Waals surface area contributed by atoms with Crippen LogP contribution in [0, 0.1) is 0 Å². The lowest BCUT2D eigenvalue weighted by molar-refractivity contribution is 0.111. The maximum Gasteiger partial charge on any atom is 0.153 e. The number of ether oxygens (including phenoxy) is 1. The van der Waals surface area contributed by atoms with Crippen molar-refractivity contribution >= 4 is 29.0 Å². The van der Waals surface area contributed by atoms with E-state index in [2.05, 4.69) is 0 Å². The van der Waals surface area contributed by atoms with E-state index >= 15 is 0 Å². The van der Waals surface area contributed by atoms with Crippen LogP contribution >= 0.6 is 11.8 Å². The lowest BCUT2D eigenvalue weighted by atomic mass is 10.2. The van der Waals surface area contributed by atoms with Gasteiger partial charge in [0.1, 0.15) is 6.73 Å². The van der Waals surface area contributed by atoms with Gasteiger partial charge < -0.3 is 9.30 Å². The number of hydrogen-bond acceptors (Lipinski definition) is 3. The molecule has 4 heteroatoms. The second-order valence-corrected chi connectivity index (χ2v) is 5.68. The van der Waals surface area contributed by atoms with E-state index in [1.165, 1.54) is 0 Å². The standard InChI is InChI=1S/C17H15NO2S/c1-20-12-18-16-10-6-5-9-14(16)15(11-19)17(18)21-13-7-3-2-4-8-13/h2-11H,12H2,1H3. The minimum absolute atomic E-state index is 0.420. The Labute approximate surface area is 127 Å². The molecule has 3 aromatic rings. The predicted octanol–water partition coefficient (Wildman–Crippen LogP) is 4.21.